The second-order valence-electron chi connectivity index (χ2n) is 6.11. The number of carbonyl (C=O) groups is 1. The fraction of sp³-hybridized carbons (Fsp3) is 0.278. The van der Waals surface area contributed by atoms with Gasteiger partial charge in [0.2, 0.25) is 5.91 Å². The Kier molecular flexibility index (Phi) is 4.90. The molecule has 3 rings (SSSR count). The number of nitrogens with zero attached hydrogens (tertiary/aromatic N) is 2. The minimum absolute atomic E-state index is 0.112. The van der Waals surface area contributed by atoms with Gasteiger partial charge in [-0.15, -0.1) is 0 Å². The lowest BCUT2D eigenvalue weighted by Crippen LogP contribution is -2.42. The molecule has 1 aliphatic rings. The quantitative estimate of drug-likeness (QED) is 0.660. The third-order valence-corrected chi connectivity index (χ3v) is 4.64. The summed E-state index contributed by atoms with van der Waals surface area (Å²) in [6.45, 7) is 2.20. The van der Waals surface area contributed by atoms with Crippen molar-refractivity contribution in [3.8, 4) is 0 Å². The predicted molar refractivity (Wildman–Crippen MR) is 98.3 cm³/mol. The van der Waals surface area contributed by atoms with Gasteiger partial charge in [0.25, 0.3) is 5.69 Å². The summed E-state index contributed by atoms with van der Waals surface area (Å²) in [7, 11) is 0. The first-order valence-electron chi connectivity index (χ1n) is 8.04. The van der Waals surface area contributed by atoms with Crippen LogP contribution in [0.3, 0.4) is 0 Å². The Morgan fingerprint density at radius 3 is 2.88 bits per heavy atom. The number of amides is 1. The van der Waals surface area contributed by atoms with Crippen LogP contribution in [0.1, 0.15) is 18.9 Å². The number of aryl methyl sites for hydroxylation is 1. The highest BCUT2D eigenvalue weighted by molar-refractivity contribution is 6.31. The number of rotatable bonds is 4. The first-order chi connectivity index (χ1) is 12.0. The van der Waals surface area contributed by atoms with E-state index in [1.165, 1.54) is 23.8 Å². The van der Waals surface area contributed by atoms with Crippen molar-refractivity contribution in [2.75, 3.05) is 16.8 Å². The number of fused-ring (bicyclic) bond motifs is 1. The minimum Gasteiger partial charge on any atom is -0.359 e. The Labute approximate surface area is 150 Å². The molecule has 0 aromatic heterocycles. The second-order valence-corrected chi connectivity index (χ2v) is 6.55. The molecule has 1 heterocycles. The molecule has 7 heteroatoms. The van der Waals surface area contributed by atoms with Gasteiger partial charge >= 0.3 is 0 Å². The molecule has 1 atom stereocenters. The van der Waals surface area contributed by atoms with Crippen LogP contribution in [0.5, 0.6) is 0 Å². The predicted octanol–water partition coefficient (Wildman–Crippen LogP) is 4.03. The summed E-state index contributed by atoms with van der Waals surface area (Å²) in [6, 6.07) is 12.3. The van der Waals surface area contributed by atoms with E-state index in [0.29, 0.717) is 5.02 Å². The molecule has 6 nitrogen and oxygen atoms in total. The fourth-order valence-corrected chi connectivity index (χ4v) is 3.29. The van der Waals surface area contributed by atoms with E-state index in [1.807, 2.05) is 23.1 Å². The molecular formula is C18H18ClN3O3. The monoisotopic (exact) mass is 359 g/mol. The normalized spacial score (nSPS) is 16.2. The molecule has 25 heavy (non-hydrogen) atoms. The van der Waals surface area contributed by atoms with E-state index in [9.17, 15) is 14.9 Å². The van der Waals surface area contributed by atoms with Crippen LogP contribution in [-0.4, -0.2) is 23.4 Å². The number of anilines is 2. The van der Waals surface area contributed by atoms with E-state index in [0.717, 1.165) is 18.5 Å². The third kappa shape index (κ3) is 3.74. The maximum atomic E-state index is 12.5. The lowest BCUT2D eigenvalue weighted by molar-refractivity contribution is -0.383. The van der Waals surface area contributed by atoms with Crippen molar-refractivity contribution < 1.29 is 9.72 Å². The third-order valence-electron chi connectivity index (χ3n) is 4.41. The summed E-state index contributed by atoms with van der Waals surface area (Å²) in [5, 5.41) is 14.1. The van der Waals surface area contributed by atoms with Gasteiger partial charge < -0.3 is 10.2 Å². The zero-order chi connectivity index (χ0) is 18.0. The first kappa shape index (κ1) is 17.2. The van der Waals surface area contributed by atoms with Gasteiger partial charge in [0, 0.05) is 22.8 Å². The Morgan fingerprint density at radius 2 is 2.12 bits per heavy atom. The highest BCUT2D eigenvalue weighted by Gasteiger charge is 2.25. The molecule has 1 aliphatic heterocycles. The molecule has 2 aromatic rings. The maximum Gasteiger partial charge on any atom is 0.292 e. The van der Waals surface area contributed by atoms with Gasteiger partial charge in [-0.1, -0.05) is 29.8 Å². The highest BCUT2D eigenvalue weighted by atomic mass is 35.5. The number of benzene rings is 2. The molecule has 1 amide bonds. The van der Waals surface area contributed by atoms with Gasteiger partial charge in [0.1, 0.15) is 5.69 Å². The summed E-state index contributed by atoms with van der Waals surface area (Å²) in [5.41, 5.74) is 2.18. The van der Waals surface area contributed by atoms with E-state index in [1.54, 1.807) is 0 Å². The Bertz CT molecular complexity index is 825. The van der Waals surface area contributed by atoms with E-state index >= 15 is 0 Å². The Morgan fingerprint density at radius 1 is 1.36 bits per heavy atom. The van der Waals surface area contributed by atoms with Crippen LogP contribution in [0.4, 0.5) is 17.1 Å². The fourth-order valence-electron chi connectivity index (χ4n) is 3.11. The molecule has 2 aromatic carbocycles. The molecule has 0 saturated carbocycles. The van der Waals surface area contributed by atoms with Crippen LogP contribution in [0.25, 0.3) is 0 Å². The molecule has 0 bridgehead atoms. The largest absolute Gasteiger partial charge is 0.359 e. The Hall–Kier alpha value is -2.60. The molecule has 130 valence electrons. The first-order valence-corrected chi connectivity index (χ1v) is 8.42. The molecule has 0 fully saturated rings. The molecule has 0 saturated heterocycles. The molecule has 1 N–H and O–H groups in total. The van der Waals surface area contributed by atoms with Crippen molar-refractivity contribution in [2.24, 2.45) is 0 Å². The highest BCUT2D eigenvalue weighted by Crippen LogP contribution is 2.31. The number of nitrogens with one attached hydrogen (secondary N) is 1. The van der Waals surface area contributed by atoms with Crippen LogP contribution in [0.2, 0.25) is 5.02 Å². The van der Waals surface area contributed by atoms with Gasteiger partial charge in [-0.25, -0.2) is 0 Å². The van der Waals surface area contributed by atoms with Gasteiger partial charge in [-0.3, -0.25) is 14.9 Å². The molecule has 0 aliphatic carbocycles. The number of carbonyl (C=O) groups excluding carboxylic acids is 1. The summed E-state index contributed by atoms with van der Waals surface area (Å²) >= 11 is 5.90. The smallest absolute Gasteiger partial charge is 0.292 e. The van der Waals surface area contributed by atoms with Crippen molar-refractivity contribution in [1.29, 1.82) is 0 Å². The van der Waals surface area contributed by atoms with Gasteiger partial charge in [0.05, 0.1) is 11.5 Å². The van der Waals surface area contributed by atoms with Crippen molar-refractivity contribution in [1.82, 2.24) is 0 Å². The molecule has 0 unspecified atom stereocenters. The van der Waals surface area contributed by atoms with Crippen LogP contribution < -0.4 is 10.2 Å². The zero-order valence-corrected chi connectivity index (χ0v) is 14.5. The summed E-state index contributed by atoms with van der Waals surface area (Å²) < 4.78 is 0. The zero-order valence-electron chi connectivity index (χ0n) is 13.7. The summed E-state index contributed by atoms with van der Waals surface area (Å²) in [6.07, 6.45) is 1.94. The lowest BCUT2D eigenvalue weighted by Gasteiger charge is -2.36. The maximum absolute atomic E-state index is 12.5. The van der Waals surface area contributed by atoms with E-state index in [4.69, 9.17) is 11.6 Å². The van der Waals surface area contributed by atoms with Gasteiger partial charge in [-0.2, -0.15) is 0 Å². The Balaban J connectivity index is 1.80. The van der Waals surface area contributed by atoms with Crippen LogP contribution in [-0.2, 0) is 11.2 Å². The number of para-hydroxylation sites is 1. The molecule has 0 spiro atoms. The average molecular weight is 360 g/mol. The van der Waals surface area contributed by atoms with Crippen LogP contribution in [0, 0.1) is 10.1 Å². The molecular weight excluding hydrogens is 342 g/mol. The van der Waals surface area contributed by atoms with Crippen molar-refractivity contribution in [3.63, 3.8) is 0 Å². The van der Waals surface area contributed by atoms with E-state index < -0.39 is 4.92 Å². The number of hydrogen-bond donors (Lipinski definition) is 1. The van der Waals surface area contributed by atoms with Crippen molar-refractivity contribution in [2.45, 2.75) is 25.8 Å². The van der Waals surface area contributed by atoms with Gasteiger partial charge in [-0.05, 0) is 43.5 Å². The van der Waals surface area contributed by atoms with Crippen LogP contribution >= 0.6 is 11.6 Å². The van der Waals surface area contributed by atoms with Crippen molar-refractivity contribution in [3.05, 3.63) is 63.2 Å². The lowest BCUT2D eigenvalue weighted by atomic mass is 9.96. The number of hydrogen-bond acceptors (Lipinski definition) is 4. The SMILES string of the molecule is C[C@H]1CCc2ccccc2N1CC(=O)Nc1cc(Cl)ccc1[N+](=O)[O-]. The van der Waals surface area contributed by atoms with Crippen molar-refractivity contribution >= 4 is 34.6 Å². The average Bonchev–Trinajstić information content (AvgIpc) is 2.57. The number of nitro benzene ring substituents is 1. The number of nitro groups is 1. The minimum atomic E-state index is -0.537. The van der Waals surface area contributed by atoms with E-state index in [-0.39, 0.29) is 29.9 Å². The molecule has 0 radical (unpaired) electrons. The van der Waals surface area contributed by atoms with Gasteiger partial charge in [0.15, 0.2) is 0 Å². The standard InChI is InChI=1S/C18H18ClN3O3/c1-12-6-7-13-4-2-3-5-16(13)21(12)11-18(23)20-15-10-14(19)8-9-17(15)22(24)25/h2-5,8-10,12H,6-7,11H2,1H3,(H,20,23)/t12-/m0/s1. The summed E-state index contributed by atoms with van der Waals surface area (Å²) in [5.74, 6) is -0.311. The van der Waals surface area contributed by atoms with Crippen LogP contribution in [0.15, 0.2) is 42.5 Å². The summed E-state index contributed by atoms with van der Waals surface area (Å²) in [4.78, 5) is 25.1. The second kappa shape index (κ2) is 7.11. The topological polar surface area (TPSA) is 75.5 Å². The van der Waals surface area contributed by atoms with E-state index in [2.05, 4.69) is 18.3 Å². The number of halogens is 1.